The summed E-state index contributed by atoms with van der Waals surface area (Å²) in [4.78, 5) is 14.0. The van der Waals surface area contributed by atoms with Gasteiger partial charge in [-0.25, -0.2) is 9.97 Å². The first-order valence-electron chi connectivity index (χ1n) is 7.47. The second-order valence-electron chi connectivity index (χ2n) is 5.96. The number of aromatic nitrogens is 2. The molecular formula is C16H20N4S. The highest BCUT2D eigenvalue weighted by Crippen LogP contribution is 2.40. The van der Waals surface area contributed by atoms with Crippen molar-refractivity contribution in [2.45, 2.75) is 39.5 Å². The second-order valence-corrected chi connectivity index (χ2v) is 7.04. The minimum Gasteiger partial charge on any atom is -0.358 e. The van der Waals surface area contributed by atoms with Gasteiger partial charge in [0.15, 0.2) is 0 Å². The predicted molar refractivity (Wildman–Crippen MR) is 86.8 cm³/mol. The molecule has 110 valence electrons. The molecule has 2 heterocycles. The number of hydrogen-bond acceptors (Lipinski definition) is 5. The smallest absolute Gasteiger partial charge is 0.141 e. The molecule has 3 rings (SSSR count). The molecule has 0 aliphatic heterocycles. The molecule has 0 bridgehead atoms. The number of fused-ring (bicyclic) bond motifs is 3. The van der Waals surface area contributed by atoms with Gasteiger partial charge in [0.25, 0.3) is 0 Å². The number of aryl methyl sites for hydroxylation is 2. The van der Waals surface area contributed by atoms with Gasteiger partial charge < -0.3 is 4.90 Å². The fraction of sp³-hybridized carbons (Fsp3) is 0.562. The quantitative estimate of drug-likeness (QED) is 0.871. The monoisotopic (exact) mass is 300 g/mol. The normalized spacial score (nSPS) is 17.5. The third-order valence-corrected chi connectivity index (χ3v) is 5.32. The van der Waals surface area contributed by atoms with Crippen molar-refractivity contribution in [3.05, 3.63) is 16.3 Å². The summed E-state index contributed by atoms with van der Waals surface area (Å²) in [6, 6.07) is 2.21. The Morgan fingerprint density at radius 2 is 2.24 bits per heavy atom. The Bertz CT molecular complexity index is 713. The second kappa shape index (κ2) is 5.61. The van der Waals surface area contributed by atoms with Crippen molar-refractivity contribution >= 4 is 27.4 Å². The summed E-state index contributed by atoms with van der Waals surface area (Å²) in [6.07, 6.45) is 4.05. The molecule has 0 unspecified atom stereocenters. The standard InChI is InChI=1S/C16H20N4S/c1-10-5-6-12-13(9-10)21-16-14(12)15(18-11(2)19-16)20(3)8-4-7-17/h10H,4-6,8-9H2,1-3H3/t10-/m1/s1. The van der Waals surface area contributed by atoms with Gasteiger partial charge in [0, 0.05) is 18.5 Å². The van der Waals surface area contributed by atoms with Gasteiger partial charge in [0.1, 0.15) is 16.5 Å². The van der Waals surface area contributed by atoms with Crippen molar-refractivity contribution < 1.29 is 0 Å². The van der Waals surface area contributed by atoms with Crippen LogP contribution in [0.2, 0.25) is 0 Å². The first kappa shape index (κ1) is 14.3. The van der Waals surface area contributed by atoms with Gasteiger partial charge in [0.2, 0.25) is 0 Å². The molecular weight excluding hydrogens is 280 g/mol. The van der Waals surface area contributed by atoms with Gasteiger partial charge in [-0.3, -0.25) is 0 Å². The lowest BCUT2D eigenvalue weighted by atomic mass is 9.89. The lowest BCUT2D eigenvalue weighted by Crippen LogP contribution is -2.20. The topological polar surface area (TPSA) is 52.8 Å². The third-order valence-electron chi connectivity index (χ3n) is 4.17. The molecule has 0 radical (unpaired) electrons. The molecule has 5 heteroatoms. The maximum absolute atomic E-state index is 8.80. The molecule has 0 saturated carbocycles. The number of nitrogens with zero attached hydrogens (tertiary/aromatic N) is 4. The van der Waals surface area contributed by atoms with E-state index in [1.165, 1.54) is 22.2 Å². The van der Waals surface area contributed by atoms with Gasteiger partial charge in [-0.15, -0.1) is 11.3 Å². The molecule has 0 aromatic carbocycles. The van der Waals surface area contributed by atoms with E-state index in [1.807, 2.05) is 25.3 Å². The van der Waals surface area contributed by atoms with E-state index in [4.69, 9.17) is 5.26 Å². The van der Waals surface area contributed by atoms with Crippen molar-refractivity contribution in [1.82, 2.24) is 9.97 Å². The molecule has 1 atom stereocenters. The van der Waals surface area contributed by atoms with Crippen LogP contribution in [0, 0.1) is 24.2 Å². The zero-order valence-corrected chi connectivity index (χ0v) is 13.6. The van der Waals surface area contributed by atoms with Crippen LogP contribution < -0.4 is 4.90 Å². The molecule has 4 nitrogen and oxygen atoms in total. The van der Waals surface area contributed by atoms with Crippen LogP contribution in [0.1, 0.15) is 36.0 Å². The lowest BCUT2D eigenvalue weighted by molar-refractivity contribution is 0.509. The number of rotatable bonds is 3. The fourth-order valence-corrected chi connectivity index (χ4v) is 4.45. The van der Waals surface area contributed by atoms with E-state index < -0.39 is 0 Å². The van der Waals surface area contributed by atoms with Gasteiger partial charge in [-0.2, -0.15) is 5.26 Å². The van der Waals surface area contributed by atoms with E-state index in [0.717, 1.165) is 35.2 Å². The summed E-state index contributed by atoms with van der Waals surface area (Å²) in [6.45, 7) is 4.98. The van der Waals surface area contributed by atoms with Crippen molar-refractivity contribution in [3.63, 3.8) is 0 Å². The maximum atomic E-state index is 8.80. The van der Waals surface area contributed by atoms with Crippen LogP contribution >= 0.6 is 11.3 Å². The van der Waals surface area contributed by atoms with E-state index in [-0.39, 0.29) is 0 Å². The van der Waals surface area contributed by atoms with Gasteiger partial charge in [-0.05, 0) is 37.7 Å². The van der Waals surface area contributed by atoms with E-state index >= 15 is 0 Å². The lowest BCUT2D eigenvalue weighted by Gasteiger charge is -2.21. The van der Waals surface area contributed by atoms with Gasteiger partial charge in [0.05, 0.1) is 17.9 Å². The summed E-state index contributed by atoms with van der Waals surface area (Å²) in [5, 5.41) is 10.0. The van der Waals surface area contributed by atoms with Crippen molar-refractivity contribution in [1.29, 1.82) is 5.26 Å². The molecule has 0 N–H and O–H groups in total. The zero-order valence-electron chi connectivity index (χ0n) is 12.8. The van der Waals surface area contributed by atoms with E-state index in [2.05, 4.69) is 27.9 Å². The molecule has 2 aromatic rings. The molecule has 0 saturated heterocycles. The summed E-state index contributed by atoms with van der Waals surface area (Å²) < 4.78 is 0. The third kappa shape index (κ3) is 2.60. The zero-order chi connectivity index (χ0) is 15.0. The number of hydrogen-bond donors (Lipinski definition) is 0. The SMILES string of the molecule is Cc1nc(N(C)CCC#N)c2c3c(sc2n1)C[C@H](C)CC3. The van der Waals surface area contributed by atoms with Crippen LogP contribution in [0.3, 0.4) is 0 Å². The fourth-order valence-electron chi connectivity index (χ4n) is 3.03. The van der Waals surface area contributed by atoms with Crippen molar-refractivity contribution in [2.24, 2.45) is 5.92 Å². The number of nitriles is 1. The molecule has 1 aliphatic carbocycles. The average molecular weight is 300 g/mol. The molecule has 0 spiro atoms. The number of anilines is 1. The van der Waals surface area contributed by atoms with Crippen LogP contribution in [-0.4, -0.2) is 23.6 Å². The van der Waals surface area contributed by atoms with Crippen LogP contribution in [0.25, 0.3) is 10.2 Å². The summed E-state index contributed by atoms with van der Waals surface area (Å²) in [5.74, 6) is 2.58. The summed E-state index contributed by atoms with van der Waals surface area (Å²) in [7, 11) is 2.02. The van der Waals surface area contributed by atoms with E-state index in [0.29, 0.717) is 13.0 Å². The van der Waals surface area contributed by atoms with Crippen LogP contribution in [0.15, 0.2) is 0 Å². The summed E-state index contributed by atoms with van der Waals surface area (Å²) >= 11 is 1.83. The van der Waals surface area contributed by atoms with Crippen LogP contribution in [0.4, 0.5) is 5.82 Å². The molecule has 0 amide bonds. The van der Waals surface area contributed by atoms with E-state index in [1.54, 1.807) is 0 Å². The molecule has 21 heavy (non-hydrogen) atoms. The average Bonchev–Trinajstić information content (AvgIpc) is 2.80. The van der Waals surface area contributed by atoms with E-state index in [9.17, 15) is 0 Å². The Morgan fingerprint density at radius 3 is 3.00 bits per heavy atom. The largest absolute Gasteiger partial charge is 0.358 e. The maximum Gasteiger partial charge on any atom is 0.141 e. The Labute approximate surface area is 129 Å². The van der Waals surface area contributed by atoms with Gasteiger partial charge >= 0.3 is 0 Å². The molecule has 0 fully saturated rings. The number of thiophene rings is 1. The Hall–Kier alpha value is -1.67. The first-order chi connectivity index (χ1) is 10.1. The minimum absolute atomic E-state index is 0.518. The minimum atomic E-state index is 0.518. The highest BCUT2D eigenvalue weighted by atomic mass is 32.1. The van der Waals surface area contributed by atoms with Crippen LogP contribution in [0.5, 0.6) is 0 Å². The molecule has 1 aliphatic rings. The highest BCUT2D eigenvalue weighted by molar-refractivity contribution is 7.19. The van der Waals surface area contributed by atoms with Crippen molar-refractivity contribution in [3.8, 4) is 6.07 Å². The van der Waals surface area contributed by atoms with Crippen LogP contribution in [-0.2, 0) is 12.8 Å². The van der Waals surface area contributed by atoms with Crippen molar-refractivity contribution in [2.75, 3.05) is 18.5 Å². The Morgan fingerprint density at radius 1 is 1.43 bits per heavy atom. The Balaban J connectivity index is 2.13. The Kier molecular flexibility index (Phi) is 3.81. The highest BCUT2D eigenvalue weighted by Gasteiger charge is 2.24. The molecule has 2 aromatic heterocycles. The summed E-state index contributed by atoms with van der Waals surface area (Å²) in [5.41, 5.74) is 1.45. The predicted octanol–water partition coefficient (Wildman–Crippen LogP) is 3.47. The first-order valence-corrected chi connectivity index (χ1v) is 8.28. The van der Waals surface area contributed by atoms with Gasteiger partial charge in [-0.1, -0.05) is 6.92 Å².